The molecule has 3 aromatic heterocycles. The van der Waals surface area contributed by atoms with Crippen LogP contribution in [0.3, 0.4) is 0 Å². The molecule has 242 valence electrons. The van der Waals surface area contributed by atoms with Gasteiger partial charge in [-0.1, -0.05) is 100 Å². The molecule has 2 nitrogen and oxygen atoms in total. The predicted octanol–water partition coefficient (Wildman–Crippen LogP) is 10.8. The zero-order valence-electron chi connectivity index (χ0n) is 29.3. The van der Waals surface area contributed by atoms with Crippen molar-refractivity contribution in [1.82, 2.24) is 0 Å². The molecule has 0 saturated carbocycles. The first-order chi connectivity index (χ1) is 23.5. The van der Waals surface area contributed by atoms with Gasteiger partial charge in [0.05, 0.1) is 22.8 Å². The number of hydrogen-bond donors (Lipinski definition) is 0. The van der Waals surface area contributed by atoms with Gasteiger partial charge in [-0.15, -0.1) is 0 Å². The smallest absolute Gasteiger partial charge is 0.191 e. The molecule has 0 radical (unpaired) electrons. The third-order valence-corrected chi connectivity index (χ3v) is 12.5. The molecule has 2 aliphatic rings. The molecule has 0 bridgehead atoms. The Kier molecular flexibility index (Phi) is 7.94. The van der Waals surface area contributed by atoms with Crippen molar-refractivity contribution in [3.05, 3.63) is 138 Å². The molecule has 3 atom stereocenters. The lowest BCUT2D eigenvalue weighted by Crippen LogP contribution is -2.70. The van der Waals surface area contributed by atoms with E-state index in [-0.39, 0.29) is 11.0 Å². The molecule has 48 heavy (non-hydrogen) atoms. The maximum Gasteiger partial charge on any atom is 0.218 e. The number of unbranched alkanes of at least 4 members (excludes halogenated alkanes) is 1. The molecule has 1 aliphatic carbocycles. The van der Waals surface area contributed by atoms with Gasteiger partial charge >= 0.3 is 0 Å². The molecule has 3 unspecified atom stereocenters. The maximum atomic E-state index is 2.79. The Hall–Kier alpha value is -4.30. The highest BCUT2D eigenvalue weighted by Crippen LogP contribution is 2.52. The summed E-state index contributed by atoms with van der Waals surface area (Å²) in [6, 6.07) is 38.9. The van der Waals surface area contributed by atoms with Gasteiger partial charge in [0.15, 0.2) is 23.6 Å². The number of fused-ring (bicyclic) bond motifs is 7. The number of pyridine rings is 3. The Balaban J connectivity index is 1.40. The van der Waals surface area contributed by atoms with E-state index < -0.39 is 0 Å². The van der Waals surface area contributed by atoms with Crippen LogP contribution in [0.25, 0.3) is 38.7 Å². The van der Waals surface area contributed by atoms with Crippen molar-refractivity contribution in [2.45, 2.75) is 102 Å². The summed E-state index contributed by atoms with van der Waals surface area (Å²) in [4.78, 5) is 0. The number of benzene rings is 3. The van der Waals surface area contributed by atoms with Crippen LogP contribution in [0, 0.1) is 0 Å². The lowest BCUT2D eigenvalue weighted by Gasteiger charge is -2.48. The molecule has 0 saturated heterocycles. The molecule has 3 aromatic carbocycles. The molecule has 8 rings (SSSR count). The summed E-state index contributed by atoms with van der Waals surface area (Å²) < 4.78 is 5.32. The number of aromatic nitrogens is 2. The van der Waals surface area contributed by atoms with Crippen molar-refractivity contribution in [2.24, 2.45) is 0 Å². The fourth-order valence-corrected chi connectivity index (χ4v) is 9.69. The molecule has 0 spiro atoms. The van der Waals surface area contributed by atoms with Crippen molar-refractivity contribution >= 4 is 16.3 Å². The second-order valence-electron chi connectivity index (χ2n) is 14.8. The zero-order valence-corrected chi connectivity index (χ0v) is 29.3. The number of hydrogen-bond acceptors (Lipinski definition) is 0. The van der Waals surface area contributed by atoms with E-state index in [9.17, 15) is 0 Å². The summed E-state index contributed by atoms with van der Waals surface area (Å²) in [7, 11) is 0. The van der Waals surface area contributed by atoms with Crippen LogP contribution < -0.4 is 8.97 Å². The van der Waals surface area contributed by atoms with Gasteiger partial charge in [-0.2, -0.15) is 8.97 Å². The number of rotatable bonds is 8. The zero-order chi connectivity index (χ0) is 32.9. The minimum Gasteiger partial charge on any atom is -0.191 e. The topological polar surface area (TPSA) is 7.98 Å². The van der Waals surface area contributed by atoms with Gasteiger partial charge < -0.3 is 0 Å². The van der Waals surface area contributed by atoms with Gasteiger partial charge in [0.2, 0.25) is 11.2 Å². The first-order valence-corrected chi connectivity index (χ1v) is 18.6. The predicted molar refractivity (Wildman–Crippen MR) is 199 cm³/mol. The van der Waals surface area contributed by atoms with Gasteiger partial charge in [0.1, 0.15) is 0 Å². The second-order valence-corrected chi connectivity index (χ2v) is 14.8. The molecule has 0 amide bonds. The van der Waals surface area contributed by atoms with Crippen LogP contribution in [-0.2, 0) is 23.8 Å². The molecule has 0 N–H and O–H groups in total. The Labute approximate surface area is 287 Å². The highest BCUT2D eigenvalue weighted by atomic mass is 15.1. The molecule has 2 heteroatoms. The minimum absolute atomic E-state index is 0.0594. The molecular weight excluding hydrogens is 581 g/mol. The van der Waals surface area contributed by atoms with Crippen molar-refractivity contribution in [3.63, 3.8) is 0 Å². The largest absolute Gasteiger partial charge is 0.218 e. The third-order valence-electron chi connectivity index (χ3n) is 12.5. The first kappa shape index (κ1) is 31.0. The van der Waals surface area contributed by atoms with Crippen LogP contribution in [0.5, 0.6) is 0 Å². The number of nitrogens with zero attached hydrogens (tertiary/aromatic N) is 2. The molecule has 4 heterocycles. The fraction of sp³-hybridized carbons (Fsp3) is 0.348. The van der Waals surface area contributed by atoms with E-state index in [0.717, 1.165) is 19.3 Å². The van der Waals surface area contributed by atoms with Crippen molar-refractivity contribution in [1.29, 1.82) is 0 Å². The Morgan fingerprint density at radius 2 is 1.56 bits per heavy atom. The van der Waals surface area contributed by atoms with Crippen LogP contribution in [0.2, 0.25) is 0 Å². The average molecular weight is 631 g/mol. The SMILES string of the molecule is CCCCC1CCCc2c[n+]3c(cc21)-c1ccccc1C(C)(CC)C3(CC)Cc1cc2ccccc2c2ccc(-c3ccccc3)c[n+]12. The highest BCUT2D eigenvalue weighted by Gasteiger charge is 2.60. The summed E-state index contributed by atoms with van der Waals surface area (Å²) in [6.07, 6.45) is 15.8. The molecule has 6 aromatic rings. The fourth-order valence-electron chi connectivity index (χ4n) is 9.69. The third kappa shape index (κ3) is 4.74. The summed E-state index contributed by atoms with van der Waals surface area (Å²) in [6.45, 7) is 9.77. The van der Waals surface area contributed by atoms with Crippen LogP contribution >= 0.6 is 0 Å². The van der Waals surface area contributed by atoms with Crippen LogP contribution in [0.1, 0.15) is 101 Å². The highest BCUT2D eigenvalue weighted by molar-refractivity contribution is 5.94. The summed E-state index contributed by atoms with van der Waals surface area (Å²) in [5, 5.41) is 2.62. The van der Waals surface area contributed by atoms with E-state index in [2.05, 4.69) is 152 Å². The monoisotopic (exact) mass is 630 g/mol. The van der Waals surface area contributed by atoms with Gasteiger partial charge in [0.25, 0.3) is 0 Å². The minimum atomic E-state index is -0.151. The van der Waals surface area contributed by atoms with Crippen molar-refractivity contribution in [2.75, 3.05) is 0 Å². The van der Waals surface area contributed by atoms with Gasteiger partial charge in [-0.05, 0) is 85.2 Å². The summed E-state index contributed by atoms with van der Waals surface area (Å²) in [5.41, 5.74) is 12.5. The number of aryl methyl sites for hydroxylation is 1. The molecular formula is C46H50N2+2. The lowest BCUT2D eigenvalue weighted by atomic mass is 9.58. The summed E-state index contributed by atoms with van der Waals surface area (Å²) in [5.74, 6) is 0.679. The molecule has 0 fully saturated rings. The Morgan fingerprint density at radius 1 is 0.771 bits per heavy atom. The normalized spacial score (nSPS) is 21.5. The average Bonchev–Trinajstić information content (AvgIpc) is 3.15. The quantitative estimate of drug-likeness (QED) is 0.117. The van der Waals surface area contributed by atoms with Crippen LogP contribution in [0.4, 0.5) is 0 Å². The standard InChI is InChI=1S/C46H50N2/c1-5-8-17-34-21-16-22-37-32-48-44(29-41(34)37)40-24-14-15-25-42(40)45(4,6-2)46(48,7-3)30-38-28-35-20-12-13-23-39(35)43-27-26-36(31-47(38)43)33-18-10-9-11-19-33/h9-15,18-20,23-29,31-32,34H,5-8,16-17,21-22,30H2,1-4H3/q+2. The van der Waals surface area contributed by atoms with E-state index >= 15 is 0 Å². The van der Waals surface area contributed by atoms with Gasteiger partial charge in [-0.25, -0.2) is 0 Å². The van der Waals surface area contributed by atoms with E-state index in [1.165, 1.54) is 88.5 Å². The van der Waals surface area contributed by atoms with E-state index in [1.54, 1.807) is 11.1 Å². The van der Waals surface area contributed by atoms with E-state index in [0.29, 0.717) is 5.92 Å². The maximum absolute atomic E-state index is 2.79. The Morgan fingerprint density at radius 3 is 2.38 bits per heavy atom. The lowest BCUT2D eigenvalue weighted by molar-refractivity contribution is -0.771. The van der Waals surface area contributed by atoms with Crippen LogP contribution in [0.15, 0.2) is 116 Å². The van der Waals surface area contributed by atoms with Crippen LogP contribution in [-0.4, -0.2) is 0 Å². The van der Waals surface area contributed by atoms with Crippen molar-refractivity contribution < 1.29 is 8.97 Å². The molecule has 1 aliphatic heterocycles. The second kappa shape index (κ2) is 12.3. The van der Waals surface area contributed by atoms with Crippen molar-refractivity contribution in [3.8, 4) is 22.4 Å². The summed E-state index contributed by atoms with van der Waals surface area (Å²) >= 11 is 0. The van der Waals surface area contributed by atoms with Gasteiger partial charge in [-0.3, -0.25) is 0 Å². The Bertz CT molecular complexity index is 2130. The van der Waals surface area contributed by atoms with Gasteiger partial charge in [0, 0.05) is 35.7 Å². The van der Waals surface area contributed by atoms with E-state index in [1.807, 2.05) is 0 Å². The first-order valence-electron chi connectivity index (χ1n) is 18.6. The van der Waals surface area contributed by atoms with E-state index in [4.69, 9.17) is 0 Å².